The molecule has 31 heavy (non-hydrogen) atoms. The van der Waals surface area contributed by atoms with Gasteiger partial charge in [0.1, 0.15) is 0 Å². The van der Waals surface area contributed by atoms with E-state index < -0.39 is 18.5 Å². The summed E-state index contributed by atoms with van der Waals surface area (Å²) in [7, 11) is 0. The fourth-order valence-electron chi connectivity index (χ4n) is 4.03. The summed E-state index contributed by atoms with van der Waals surface area (Å²) in [6, 6.07) is 11.8. The first-order valence-electron chi connectivity index (χ1n) is 9.86. The first-order chi connectivity index (χ1) is 14.9. The Morgan fingerprint density at radius 2 is 2.03 bits per heavy atom. The minimum absolute atomic E-state index is 0.0770. The highest BCUT2D eigenvalue weighted by Crippen LogP contribution is 2.43. The van der Waals surface area contributed by atoms with Crippen LogP contribution in [-0.2, 0) is 4.79 Å². The van der Waals surface area contributed by atoms with Crippen LogP contribution >= 0.6 is 11.8 Å². The number of alkyl halides is 2. The number of rotatable bonds is 5. The van der Waals surface area contributed by atoms with E-state index in [1.54, 1.807) is 24.3 Å². The van der Waals surface area contributed by atoms with Crippen molar-refractivity contribution in [3.63, 3.8) is 0 Å². The summed E-state index contributed by atoms with van der Waals surface area (Å²) in [6.07, 6.45) is -2.04. The van der Waals surface area contributed by atoms with Gasteiger partial charge < -0.3 is 5.32 Å². The van der Waals surface area contributed by atoms with Crippen molar-refractivity contribution in [2.24, 2.45) is 0 Å². The lowest BCUT2D eigenvalue weighted by molar-refractivity contribution is -0.115. The number of thioether (sulfide) groups is 1. The van der Waals surface area contributed by atoms with Crippen molar-refractivity contribution in [2.45, 2.75) is 37.1 Å². The maximum Gasteiger partial charge on any atom is 0.327 e. The van der Waals surface area contributed by atoms with Crippen molar-refractivity contribution < 1.29 is 18.4 Å². The second-order valence-electron chi connectivity index (χ2n) is 7.19. The Labute approximate surface area is 182 Å². The molecule has 2 aliphatic rings. The molecule has 1 N–H and O–H groups in total. The number of hydrogen-bond acceptors (Lipinski definition) is 4. The highest BCUT2D eigenvalue weighted by Gasteiger charge is 2.41. The first kappa shape index (κ1) is 21.1. The average molecular weight is 439 g/mol. The van der Waals surface area contributed by atoms with E-state index in [4.69, 9.17) is 0 Å². The average Bonchev–Trinajstić information content (AvgIpc) is 3.14. The van der Waals surface area contributed by atoms with Gasteiger partial charge in [0.05, 0.1) is 23.4 Å². The maximum absolute atomic E-state index is 13.2. The third kappa shape index (κ3) is 3.81. The summed E-state index contributed by atoms with van der Waals surface area (Å²) >= 11 is 1.53. The fourth-order valence-corrected chi connectivity index (χ4v) is 4.91. The van der Waals surface area contributed by atoms with Gasteiger partial charge in [0.25, 0.3) is 6.43 Å². The Hall–Kier alpha value is -3.18. The zero-order valence-corrected chi connectivity index (χ0v) is 17.5. The predicted molar refractivity (Wildman–Crippen MR) is 114 cm³/mol. The second-order valence-corrected chi connectivity index (χ2v) is 8.50. The maximum atomic E-state index is 13.2. The van der Waals surface area contributed by atoms with Gasteiger partial charge in [0.15, 0.2) is 5.78 Å². The van der Waals surface area contributed by atoms with Gasteiger partial charge in [-0.2, -0.15) is 5.26 Å². The molecule has 1 aliphatic heterocycles. The minimum Gasteiger partial charge on any atom is -0.326 e. The van der Waals surface area contributed by atoms with Crippen LogP contribution in [0, 0.1) is 11.3 Å². The van der Waals surface area contributed by atoms with E-state index in [2.05, 4.69) is 11.4 Å². The SMILES string of the molecule is CCSc1cc(C#N)ccc1C1NC(=O)N(c2cccc(C(F)F)c2)C2=C1C(=O)CC2. The quantitative estimate of drug-likeness (QED) is 0.625. The smallest absolute Gasteiger partial charge is 0.326 e. The van der Waals surface area contributed by atoms with Gasteiger partial charge in [-0.3, -0.25) is 9.69 Å². The van der Waals surface area contributed by atoms with Gasteiger partial charge in [-0.05, 0) is 42.0 Å². The van der Waals surface area contributed by atoms with Crippen molar-refractivity contribution in [1.82, 2.24) is 5.32 Å². The number of anilines is 1. The number of nitrogens with zero attached hydrogens (tertiary/aromatic N) is 2. The summed E-state index contributed by atoms with van der Waals surface area (Å²) in [5.74, 6) is 0.682. The second kappa shape index (κ2) is 8.52. The van der Waals surface area contributed by atoms with Gasteiger partial charge in [-0.15, -0.1) is 11.8 Å². The molecule has 2 amide bonds. The summed E-state index contributed by atoms with van der Waals surface area (Å²) in [5.41, 5.74) is 2.39. The minimum atomic E-state index is -2.66. The third-order valence-corrected chi connectivity index (χ3v) is 6.32. The molecule has 0 saturated heterocycles. The normalized spacial score (nSPS) is 18.3. The molecular weight excluding hydrogens is 420 g/mol. The lowest BCUT2D eigenvalue weighted by Crippen LogP contribution is -2.47. The number of allylic oxidation sites excluding steroid dienone is 1. The molecule has 2 aromatic rings. The van der Waals surface area contributed by atoms with Crippen LogP contribution in [0.4, 0.5) is 19.3 Å². The number of ketones is 1. The van der Waals surface area contributed by atoms with E-state index in [1.807, 2.05) is 6.92 Å². The predicted octanol–water partition coefficient (Wildman–Crippen LogP) is 5.50. The van der Waals surface area contributed by atoms with Crippen LogP contribution in [0.25, 0.3) is 0 Å². The van der Waals surface area contributed by atoms with Gasteiger partial charge in [0.2, 0.25) is 0 Å². The van der Waals surface area contributed by atoms with E-state index in [1.165, 1.54) is 34.9 Å². The van der Waals surface area contributed by atoms with Crippen LogP contribution in [0.2, 0.25) is 0 Å². The Morgan fingerprint density at radius 1 is 1.23 bits per heavy atom. The molecular formula is C23H19F2N3O2S. The Kier molecular flexibility index (Phi) is 5.79. The Balaban J connectivity index is 1.83. The van der Waals surface area contributed by atoms with Gasteiger partial charge >= 0.3 is 6.03 Å². The van der Waals surface area contributed by atoms with E-state index in [9.17, 15) is 23.6 Å². The van der Waals surface area contributed by atoms with Crippen molar-refractivity contribution in [3.05, 3.63) is 70.4 Å². The zero-order chi connectivity index (χ0) is 22.1. The lowest BCUT2D eigenvalue weighted by atomic mass is 9.94. The molecule has 0 radical (unpaired) electrons. The lowest BCUT2D eigenvalue weighted by Gasteiger charge is -2.35. The number of nitrogens with one attached hydrogen (secondary N) is 1. The van der Waals surface area contributed by atoms with Gasteiger partial charge in [-0.1, -0.05) is 25.1 Å². The summed E-state index contributed by atoms with van der Waals surface area (Å²) in [4.78, 5) is 28.1. The van der Waals surface area contributed by atoms with Crippen LogP contribution in [0.1, 0.15) is 48.9 Å². The zero-order valence-electron chi connectivity index (χ0n) is 16.7. The monoisotopic (exact) mass is 439 g/mol. The fraction of sp³-hybridized carbons (Fsp3) is 0.261. The number of amides is 2. The van der Waals surface area contributed by atoms with Crippen LogP contribution in [0.5, 0.6) is 0 Å². The molecule has 1 heterocycles. The molecule has 1 atom stereocenters. The van der Waals surface area contributed by atoms with Crippen molar-refractivity contribution in [3.8, 4) is 6.07 Å². The molecule has 5 nitrogen and oxygen atoms in total. The number of nitriles is 1. The van der Waals surface area contributed by atoms with Crippen LogP contribution < -0.4 is 10.2 Å². The molecule has 4 rings (SSSR count). The van der Waals surface area contributed by atoms with E-state index >= 15 is 0 Å². The first-order valence-corrected chi connectivity index (χ1v) is 10.8. The summed E-state index contributed by atoms with van der Waals surface area (Å²) in [5, 5.41) is 12.1. The largest absolute Gasteiger partial charge is 0.327 e. The van der Waals surface area contributed by atoms with Crippen LogP contribution in [-0.4, -0.2) is 17.6 Å². The van der Waals surface area contributed by atoms with Crippen molar-refractivity contribution >= 4 is 29.3 Å². The van der Waals surface area contributed by atoms with Gasteiger partial charge in [-0.25, -0.2) is 13.6 Å². The Bertz CT molecular complexity index is 1140. The standard InChI is InChI=1S/C23H19F2N3O2S/c1-2-31-19-10-13(12-26)6-7-16(19)21-20-17(8-9-18(20)29)28(23(30)27-21)15-5-3-4-14(11-15)22(24)25/h3-7,10-11,21-22H,2,8-9H2,1H3,(H,27,30). The number of benzene rings is 2. The molecule has 1 unspecified atom stereocenters. The molecule has 2 aromatic carbocycles. The molecule has 158 valence electrons. The van der Waals surface area contributed by atoms with Crippen molar-refractivity contribution in [1.29, 1.82) is 5.26 Å². The molecule has 0 saturated carbocycles. The highest BCUT2D eigenvalue weighted by molar-refractivity contribution is 7.99. The van der Waals surface area contributed by atoms with E-state index in [0.717, 1.165) is 16.2 Å². The van der Waals surface area contributed by atoms with Crippen LogP contribution in [0.15, 0.2) is 58.6 Å². The van der Waals surface area contributed by atoms with Crippen LogP contribution in [0.3, 0.4) is 0 Å². The highest BCUT2D eigenvalue weighted by atomic mass is 32.2. The number of carbonyl (C=O) groups excluding carboxylic acids is 2. The number of urea groups is 1. The van der Waals surface area contributed by atoms with E-state index in [-0.39, 0.29) is 17.8 Å². The topological polar surface area (TPSA) is 73.2 Å². The Morgan fingerprint density at radius 3 is 2.74 bits per heavy atom. The third-order valence-electron chi connectivity index (χ3n) is 5.36. The summed E-state index contributed by atoms with van der Waals surface area (Å²) < 4.78 is 26.4. The molecule has 0 aromatic heterocycles. The number of halogens is 2. The molecule has 8 heteroatoms. The molecule has 0 spiro atoms. The molecule has 0 fully saturated rings. The number of carbonyl (C=O) groups is 2. The number of Topliss-reactive ketones (excluding diaryl/α,β-unsaturated/α-hetero) is 1. The molecule has 1 aliphatic carbocycles. The molecule has 0 bridgehead atoms. The van der Waals surface area contributed by atoms with E-state index in [0.29, 0.717) is 28.9 Å². The number of hydrogen-bond donors (Lipinski definition) is 1. The van der Waals surface area contributed by atoms with Crippen molar-refractivity contribution in [2.75, 3.05) is 10.7 Å². The summed E-state index contributed by atoms with van der Waals surface area (Å²) in [6.45, 7) is 1.98. The van der Waals surface area contributed by atoms with Gasteiger partial charge in [0, 0.05) is 28.1 Å².